The number of nitrogens with zero attached hydrogens (tertiary/aromatic N) is 3. The third-order valence-electron chi connectivity index (χ3n) is 3.33. The van der Waals surface area contributed by atoms with Crippen molar-refractivity contribution in [2.75, 3.05) is 13.1 Å². The molecule has 2 heterocycles. The Kier molecular flexibility index (Phi) is 2.87. The lowest BCUT2D eigenvalue weighted by molar-refractivity contribution is 0.0400. The Morgan fingerprint density at radius 2 is 2.12 bits per heavy atom. The molecule has 1 saturated heterocycles. The average molecular weight is 234 g/mol. The van der Waals surface area contributed by atoms with E-state index < -0.39 is 0 Å². The molecule has 1 amide bonds. The van der Waals surface area contributed by atoms with E-state index in [-0.39, 0.29) is 11.4 Å². The van der Waals surface area contributed by atoms with Crippen molar-refractivity contribution in [3.63, 3.8) is 0 Å². The molecule has 0 bridgehead atoms. The maximum atomic E-state index is 12.2. The van der Waals surface area contributed by atoms with Crippen LogP contribution >= 0.6 is 0 Å². The second-order valence-corrected chi connectivity index (χ2v) is 4.86. The molecular formula is C12H18N4O. The predicted octanol–water partition coefficient (Wildman–Crippen LogP) is 0.657. The van der Waals surface area contributed by atoms with E-state index >= 15 is 0 Å². The molecule has 17 heavy (non-hydrogen) atoms. The van der Waals surface area contributed by atoms with E-state index in [0.717, 1.165) is 12.1 Å². The van der Waals surface area contributed by atoms with Crippen LogP contribution in [0.5, 0.6) is 0 Å². The standard InChI is InChI=1S/C12H18N4O/c1-4-12(13)6-16(7-12)11(17)10-5-8(2)14-15-9(10)3/h5H,4,6-7,13H2,1-3H3. The largest absolute Gasteiger partial charge is 0.335 e. The van der Waals surface area contributed by atoms with E-state index in [1.54, 1.807) is 17.9 Å². The first-order valence-electron chi connectivity index (χ1n) is 5.84. The van der Waals surface area contributed by atoms with Crippen molar-refractivity contribution in [1.29, 1.82) is 0 Å². The van der Waals surface area contributed by atoms with E-state index in [1.165, 1.54) is 0 Å². The lowest BCUT2D eigenvalue weighted by Crippen LogP contribution is -2.68. The van der Waals surface area contributed by atoms with Crippen molar-refractivity contribution in [3.05, 3.63) is 23.0 Å². The second kappa shape index (κ2) is 4.07. The fraction of sp³-hybridized carbons (Fsp3) is 0.583. The van der Waals surface area contributed by atoms with Gasteiger partial charge in [0.25, 0.3) is 5.91 Å². The Morgan fingerprint density at radius 3 is 2.71 bits per heavy atom. The number of aryl methyl sites for hydroxylation is 2. The molecule has 0 spiro atoms. The summed E-state index contributed by atoms with van der Waals surface area (Å²) in [4.78, 5) is 14.0. The van der Waals surface area contributed by atoms with Crippen LogP contribution in [0.4, 0.5) is 0 Å². The van der Waals surface area contributed by atoms with E-state index in [0.29, 0.717) is 24.3 Å². The number of amides is 1. The number of carbonyl (C=O) groups excluding carboxylic acids is 1. The van der Waals surface area contributed by atoms with Crippen LogP contribution in [0.2, 0.25) is 0 Å². The molecule has 0 atom stereocenters. The van der Waals surface area contributed by atoms with Crippen LogP contribution in [-0.4, -0.2) is 39.6 Å². The molecule has 1 aromatic heterocycles. The van der Waals surface area contributed by atoms with E-state index in [1.807, 2.05) is 13.8 Å². The summed E-state index contributed by atoms with van der Waals surface area (Å²) < 4.78 is 0. The first-order valence-corrected chi connectivity index (χ1v) is 5.84. The van der Waals surface area contributed by atoms with Gasteiger partial charge in [-0.05, 0) is 26.3 Å². The summed E-state index contributed by atoms with van der Waals surface area (Å²) in [7, 11) is 0. The first kappa shape index (κ1) is 12.0. The number of rotatable bonds is 2. The van der Waals surface area contributed by atoms with Gasteiger partial charge in [-0.25, -0.2) is 0 Å². The Hall–Kier alpha value is -1.49. The third kappa shape index (κ3) is 2.15. The molecule has 92 valence electrons. The smallest absolute Gasteiger partial charge is 0.255 e. The van der Waals surface area contributed by atoms with Crippen LogP contribution in [-0.2, 0) is 0 Å². The third-order valence-corrected chi connectivity index (χ3v) is 3.33. The van der Waals surface area contributed by atoms with Crippen molar-refractivity contribution >= 4 is 5.91 Å². The highest BCUT2D eigenvalue weighted by molar-refractivity contribution is 5.96. The fourth-order valence-electron chi connectivity index (χ4n) is 2.02. The maximum absolute atomic E-state index is 12.2. The number of hydrogen-bond donors (Lipinski definition) is 1. The zero-order valence-electron chi connectivity index (χ0n) is 10.5. The van der Waals surface area contributed by atoms with Crippen molar-refractivity contribution in [3.8, 4) is 0 Å². The minimum atomic E-state index is -0.195. The number of aromatic nitrogens is 2. The summed E-state index contributed by atoms with van der Waals surface area (Å²) in [5, 5.41) is 7.89. The van der Waals surface area contributed by atoms with Crippen LogP contribution in [0.15, 0.2) is 6.07 Å². The molecule has 0 aliphatic carbocycles. The van der Waals surface area contributed by atoms with Gasteiger partial charge in [0.15, 0.2) is 0 Å². The Bertz CT molecular complexity index is 452. The molecule has 0 unspecified atom stereocenters. The number of hydrogen-bond acceptors (Lipinski definition) is 4. The molecular weight excluding hydrogens is 216 g/mol. The van der Waals surface area contributed by atoms with Gasteiger partial charge in [0.2, 0.25) is 0 Å². The van der Waals surface area contributed by atoms with Crippen LogP contribution < -0.4 is 5.73 Å². The fourth-order valence-corrected chi connectivity index (χ4v) is 2.02. The molecule has 5 nitrogen and oxygen atoms in total. The summed E-state index contributed by atoms with van der Waals surface area (Å²) in [6.45, 7) is 6.94. The lowest BCUT2D eigenvalue weighted by atomic mass is 9.87. The number of likely N-dealkylation sites (tertiary alicyclic amines) is 1. The Labute approximate surface area is 101 Å². The van der Waals surface area contributed by atoms with Crippen LogP contribution in [0.25, 0.3) is 0 Å². The highest BCUT2D eigenvalue weighted by Gasteiger charge is 2.41. The maximum Gasteiger partial charge on any atom is 0.255 e. The van der Waals surface area contributed by atoms with Gasteiger partial charge in [-0.3, -0.25) is 4.79 Å². The van der Waals surface area contributed by atoms with Crippen molar-refractivity contribution in [2.24, 2.45) is 5.73 Å². The topological polar surface area (TPSA) is 72.1 Å². The van der Waals surface area contributed by atoms with E-state index in [2.05, 4.69) is 10.2 Å². The molecule has 2 rings (SSSR count). The number of nitrogens with two attached hydrogens (primary N) is 1. The van der Waals surface area contributed by atoms with Gasteiger partial charge in [0.1, 0.15) is 0 Å². The summed E-state index contributed by atoms with van der Waals surface area (Å²) in [6, 6.07) is 1.78. The highest BCUT2D eigenvalue weighted by atomic mass is 16.2. The molecule has 2 N–H and O–H groups in total. The van der Waals surface area contributed by atoms with Crippen molar-refractivity contribution < 1.29 is 4.79 Å². The molecule has 1 aliphatic rings. The van der Waals surface area contributed by atoms with Crippen LogP contribution in [0, 0.1) is 13.8 Å². The van der Waals surface area contributed by atoms with Crippen molar-refractivity contribution in [1.82, 2.24) is 15.1 Å². The van der Waals surface area contributed by atoms with Gasteiger partial charge in [-0.2, -0.15) is 10.2 Å². The zero-order valence-corrected chi connectivity index (χ0v) is 10.5. The lowest BCUT2D eigenvalue weighted by Gasteiger charge is -2.47. The Morgan fingerprint density at radius 1 is 1.47 bits per heavy atom. The summed E-state index contributed by atoms with van der Waals surface area (Å²) in [5.74, 6) is 0.00928. The monoisotopic (exact) mass is 234 g/mol. The van der Waals surface area contributed by atoms with Crippen LogP contribution in [0.1, 0.15) is 35.1 Å². The molecule has 0 aromatic carbocycles. The average Bonchev–Trinajstić information content (AvgIpc) is 2.27. The predicted molar refractivity (Wildman–Crippen MR) is 64.6 cm³/mol. The zero-order chi connectivity index (χ0) is 12.6. The summed E-state index contributed by atoms with van der Waals surface area (Å²) in [6.07, 6.45) is 0.892. The number of carbonyl (C=O) groups is 1. The van der Waals surface area contributed by atoms with Crippen LogP contribution in [0.3, 0.4) is 0 Å². The van der Waals surface area contributed by atoms with Crippen molar-refractivity contribution in [2.45, 2.75) is 32.7 Å². The molecule has 1 aromatic rings. The van der Waals surface area contributed by atoms with Gasteiger partial charge in [-0.15, -0.1) is 0 Å². The van der Waals surface area contributed by atoms with Gasteiger partial charge in [0, 0.05) is 13.1 Å². The van der Waals surface area contributed by atoms with E-state index in [9.17, 15) is 4.79 Å². The van der Waals surface area contributed by atoms with E-state index in [4.69, 9.17) is 5.73 Å². The molecule has 1 fully saturated rings. The van der Waals surface area contributed by atoms with Gasteiger partial charge in [0.05, 0.1) is 22.5 Å². The molecule has 0 radical (unpaired) electrons. The quantitative estimate of drug-likeness (QED) is 0.815. The first-order chi connectivity index (χ1) is 7.95. The Balaban J connectivity index is 2.14. The van der Waals surface area contributed by atoms with Gasteiger partial charge in [-0.1, -0.05) is 6.92 Å². The minimum Gasteiger partial charge on any atom is -0.335 e. The molecule has 0 saturated carbocycles. The molecule has 1 aliphatic heterocycles. The highest BCUT2D eigenvalue weighted by Crippen LogP contribution is 2.24. The summed E-state index contributed by atoms with van der Waals surface area (Å²) >= 11 is 0. The normalized spacial score (nSPS) is 17.8. The van der Waals surface area contributed by atoms with Gasteiger partial charge >= 0.3 is 0 Å². The minimum absolute atomic E-state index is 0.00928. The molecule has 5 heteroatoms. The van der Waals surface area contributed by atoms with Gasteiger partial charge < -0.3 is 10.6 Å². The summed E-state index contributed by atoms with van der Waals surface area (Å²) in [5.41, 5.74) is 7.93. The second-order valence-electron chi connectivity index (χ2n) is 4.86. The SMILES string of the molecule is CCC1(N)CN(C(=O)c2cc(C)nnc2C)C1.